The van der Waals surface area contributed by atoms with Crippen molar-refractivity contribution < 1.29 is 13.2 Å². The van der Waals surface area contributed by atoms with Crippen LogP contribution in [0, 0.1) is 0 Å². The summed E-state index contributed by atoms with van der Waals surface area (Å²) in [5.74, 6) is 0.223. The number of ether oxygens (including phenoxy) is 1. The van der Waals surface area contributed by atoms with E-state index in [1.165, 1.54) is 12.8 Å². The Morgan fingerprint density at radius 3 is 2.82 bits per heavy atom. The SMILES string of the molecule is O=S(=O)(CCC1CCCCN1)NC1CCOC1. The van der Waals surface area contributed by atoms with Crippen molar-refractivity contribution >= 4 is 10.0 Å². The zero-order chi connectivity index (χ0) is 12.1. The fraction of sp³-hybridized carbons (Fsp3) is 1.00. The highest BCUT2D eigenvalue weighted by atomic mass is 32.2. The number of nitrogens with one attached hydrogen (secondary N) is 2. The van der Waals surface area contributed by atoms with E-state index in [2.05, 4.69) is 10.0 Å². The Kier molecular flexibility index (Phi) is 4.78. The molecule has 0 aromatic rings. The third-order valence-corrected chi connectivity index (χ3v) is 4.89. The van der Waals surface area contributed by atoms with Crippen molar-refractivity contribution in [3.63, 3.8) is 0 Å². The van der Waals surface area contributed by atoms with Crippen LogP contribution in [0.4, 0.5) is 0 Å². The first-order valence-electron chi connectivity index (χ1n) is 6.47. The van der Waals surface area contributed by atoms with Crippen molar-refractivity contribution in [2.45, 2.75) is 44.2 Å². The highest BCUT2D eigenvalue weighted by molar-refractivity contribution is 7.89. The zero-order valence-electron chi connectivity index (χ0n) is 10.2. The van der Waals surface area contributed by atoms with Crippen LogP contribution in [0.3, 0.4) is 0 Å². The number of sulfonamides is 1. The summed E-state index contributed by atoms with van der Waals surface area (Å²) in [5.41, 5.74) is 0. The van der Waals surface area contributed by atoms with E-state index < -0.39 is 10.0 Å². The first kappa shape index (κ1) is 13.3. The first-order chi connectivity index (χ1) is 8.16. The summed E-state index contributed by atoms with van der Waals surface area (Å²) in [4.78, 5) is 0. The maximum Gasteiger partial charge on any atom is 0.211 e. The maximum atomic E-state index is 11.8. The molecule has 17 heavy (non-hydrogen) atoms. The van der Waals surface area contributed by atoms with Crippen molar-refractivity contribution in [2.24, 2.45) is 0 Å². The Balaban J connectivity index is 1.72. The minimum atomic E-state index is -3.13. The lowest BCUT2D eigenvalue weighted by molar-refractivity contribution is 0.192. The average Bonchev–Trinajstić information content (AvgIpc) is 2.80. The topological polar surface area (TPSA) is 67.4 Å². The van der Waals surface area contributed by atoms with Gasteiger partial charge in [0.1, 0.15) is 0 Å². The van der Waals surface area contributed by atoms with Crippen LogP contribution >= 0.6 is 0 Å². The van der Waals surface area contributed by atoms with E-state index in [1.54, 1.807) is 0 Å². The molecule has 2 aliphatic rings. The second-order valence-electron chi connectivity index (χ2n) is 4.93. The van der Waals surface area contributed by atoms with Crippen LogP contribution in [-0.4, -0.2) is 46.0 Å². The molecule has 5 nitrogen and oxygen atoms in total. The molecule has 2 rings (SSSR count). The van der Waals surface area contributed by atoms with Gasteiger partial charge in [-0.25, -0.2) is 13.1 Å². The van der Waals surface area contributed by atoms with Gasteiger partial charge in [-0.2, -0.15) is 0 Å². The molecular formula is C11H22N2O3S. The predicted octanol–water partition coefficient (Wildman–Crippen LogP) is 0.227. The second-order valence-corrected chi connectivity index (χ2v) is 6.81. The van der Waals surface area contributed by atoms with Crippen LogP contribution in [-0.2, 0) is 14.8 Å². The van der Waals surface area contributed by atoms with Crippen molar-refractivity contribution in [2.75, 3.05) is 25.5 Å². The molecule has 2 heterocycles. The fourth-order valence-corrected chi connectivity index (χ4v) is 3.81. The smallest absolute Gasteiger partial charge is 0.211 e. The molecular weight excluding hydrogens is 240 g/mol. The van der Waals surface area contributed by atoms with E-state index in [4.69, 9.17) is 4.74 Å². The van der Waals surface area contributed by atoms with Gasteiger partial charge in [-0.15, -0.1) is 0 Å². The minimum Gasteiger partial charge on any atom is -0.380 e. The molecule has 0 aromatic carbocycles. The van der Waals surface area contributed by atoms with Crippen LogP contribution in [0.25, 0.3) is 0 Å². The summed E-state index contributed by atoms with van der Waals surface area (Å²) in [7, 11) is -3.13. The quantitative estimate of drug-likeness (QED) is 0.744. The lowest BCUT2D eigenvalue weighted by atomic mass is 10.0. The van der Waals surface area contributed by atoms with Gasteiger partial charge in [0, 0.05) is 18.7 Å². The first-order valence-corrected chi connectivity index (χ1v) is 8.12. The van der Waals surface area contributed by atoms with E-state index >= 15 is 0 Å². The summed E-state index contributed by atoms with van der Waals surface area (Å²) in [6.07, 6.45) is 5.02. The molecule has 2 aliphatic heterocycles. The molecule has 2 unspecified atom stereocenters. The van der Waals surface area contributed by atoms with E-state index in [1.807, 2.05) is 0 Å². The van der Waals surface area contributed by atoms with Crippen molar-refractivity contribution in [1.29, 1.82) is 0 Å². The van der Waals surface area contributed by atoms with Gasteiger partial charge < -0.3 is 10.1 Å². The summed E-state index contributed by atoms with van der Waals surface area (Å²) >= 11 is 0. The molecule has 0 spiro atoms. The summed E-state index contributed by atoms with van der Waals surface area (Å²) < 4.78 is 31.5. The van der Waals surface area contributed by atoms with E-state index in [0.29, 0.717) is 25.7 Å². The van der Waals surface area contributed by atoms with Gasteiger partial charge in [0.25, 0.3) is 0 Å². The Hall–Kier alpha value is -0.170. The monoisotopic (exact) mass is 262 g/mol. The maximum absolute atomic E-state index is 11.8. The molecule has 2 N–H and O–H groups in total. The molecule has 2 fully saturated rings. The molecule has 0 aromatic heterocycles. The van der Waals surface area contributed by atoms with Gasteiger partial charge in [0.05, 0.1) is 12.4 Å². The van der Waals surface area contributed by atoms with Gasteiger partial charge in [-0.3, -0.25) is 0 Å². The largest absolute Gasteiger partial charge is 0.380 e. The van der Waals surface area contributed by atoms with Gasteiger partial charge in [-0.1, -0.05) is 6.42 Å². The van der Waals surface area contributed by atoms with E-state index in [-0.39, 0.29) is 11.8 Å². The van der Waals surface area contributed by atoms with E-state index in [9.17, 15) is 8.42 Å². The summed E-state index contributed by atoms with van der Waals surface area (Å²) in [6, 6.07) is 0.361. The number of piperidine rings is 1. The van der Waals surface area contributed by atoms with Crippen molar-refractivity contribution in [3.8, 4) is 0 Å². The molecule has 0 bridgehead atoms. The fourth-order valence-electron chi connectivity index (χ4n) is 2.41. The highest BCUT2D eigenvalue weighted by Crippen LogP contribution is 2.11. The molecule has 2 saturated heterocycles. The summed E-state index contributed by atoms with van der Waals surface area (Å²) in [6.45, 7) is 2.20. The average molecular weight is 262 g/mol. The molecule has 6 heteroatoms. The zero-order valence-corrected chi connectivity index (χ0v) is 11.0. The Labute approximate surface area is 103 Å². The van der Waals surface area contributed by atoms with Crippen LogP contribution in [0.2, 0.25) is 0 Å². The van der Waals surface area contributed by atoms with Crippen LogP contribution in [0.5, 0.6) is 0 Å². The van der Waals surface area contributed by atoms with Crippen LogP contribution in [0.1, 0.15) is 32.1 Å². The van der Waals surface area contributed by atoms with Crippen LogP contribution < -0.4 is 10.0 Å². The predicted molar refractivity (Wildman–Crippen MR) is 66.4 cm³/mol. The molecule has 2 atom stereocenters. The lowest BCUT2D eigenvalue weighted by Crippen LogP contribution is -2.40. The molecule has 0 saturated carbocycles. The highest BCUT2D eigenvalue weighted by Gasteiger charge is 2.23. The van der Waals surface area contributed by atoms with Crippen molar-refractivity contribution in [3.05, 3.63) is 0 Å². The number of rotatable bonds is 5. The second kappa shape index (κ2) is 6.13. The molecule has 100 valence electrons. The van der Waals surface area contributed by atoms with E-state index in [0.717, 1.165) is 19.4 Å². The normalized spacial score (nSPS) is 30.6. The van der Waals surface area contributed by atoms with Gasteiger partial charge in [0.2, 0.25) is 10.0 Å². The summed E-state index contributed by atoms with van der Waals surface area (Å²) in [5, 5.41) is 3.37. The van der Waals surface area contributed by atoms with Gasteiger partial charge >= 0.3 is 0 Å². The molecule has 0 amide bonds. The van der Waals surface area contributed by atoms with Gasteiger partial charge in [-0.05, 0) is 32.2 Å². The Morgan fingerprint density at radius 2 is 2.18 bits per heavy atom. The minimum absolute atomic E-state index is 0.0145. The molecule has 0 radical (unpaired) electrons. The number of hydrogen-bond acceptors (Lipinski definition) is 4. The number of hydrogen-bond donors (Lipinski definition) is 2. The van der Waals surface area contributed by atoms with Gasteiger partial charge in [0.15, 0.2) is 0 Å². The standard InChI is InChI=1S/C11H22N2O3S/c14-17(15,13-11-4-7-16-9-11)8-5-10-3-1-2-6-12-10/h10-13H,1-9H2. The Bertz CT molecular complexity index is 320. The third kappa shape index (κ3) is 4.54. The molecule has 0 aliphatic carbocycles. The Morgan fingerprint density at radius 1 is 1.29 bits per heavy atom. The van der Waals surface area contributed by atoms with Crippen molar-refractivity contribution in [1.82, 2.24) is 10.0 Å². The third-order valence-electron chi connectivity index (χ3n) is 3.42. The van der Waals surface area contributed by atoms with Crippen LogP contribution in [0.15, 0.2) is 0 Å². The lowest BCUT2D eigenvalue weighted by Gasteiger charge is -2.23.